The molecule has 0 saturated carbocycles. The van der Waals surface area contributed by atoms with Crippen molar-refractivity contribution in [1.82, 2.24) is 15.2 Å². The Hall–Kier alpha value is -2.49. The first kappa shape index (κ1) is 16.4. The van der Waals surface area contributed by atoms with E-state index in [1.54, 1.807) is 7.11 Å². The van der Waals surface area contributed by atoms with Crippen molar-refractivity contribution in [3.8, 4) is 5.88 Å². The normalized spacial score (nSPS) is 13.6. The van der Waals surface area contributed by atoms with E-state index in [1.165, 1.54) is 10.9 Å². The van der Waals surface area contributed by atoms with Gasteiger partial charge in [-0.1, -0.05) is 32.0 Å². The number of nitrogens with zero attached hydrogens (tertiary/aromatic N) is 3. The number of hydrogen-bond acceptors (Lipinski definition) is 4. The molecule has 0 aliphatic rings. The Bertz CT molecular complexity index is 801. The second-order valence-electron chi connectivity index (χ2n) is 6.34. The van der Waals surface area contributed by atoms with Gasteiger partial charge in [-0.2, -0.15) is 5.10 Å². The van der Waals surface area contributed by atoms with Crippen molar-refractivity contribution in [2.45, 2.75) is 38.5 Å². The number of pyridine rings is 1. The topological polar surface area (TPSA) is 47.9 Å². The van der Waals surface area contributed by atoms with Gasteiger partial charge in [0.05, 0.1) is 18.3 Å². The van der Waals surface area contributed by atoms with Crippen molar-refractivity contribution in [2.75, 3.05) is 7.11 Å². The minimum atomic E-state index is 0.374. The molecule has 2 aromatic heterocycles. The van der Waals surface area contributed by atoms with Gasteiger partial charge in [0, 0.05) is 23.6 Å². The molecule has 4 heteroatoms. The van der Waals surface area contributed by atoms with Crippen LogP contribution >= 0.6 is 0 Å². The highest BCUT2D eigenvalue weighted by atomic mass is 16.5. The predicted molar refractivity (Wildman–Crippen MR) is 96.4 cm³/mol. The van der Waals surface area contributed by atoms with Gasteiger partial charge in [0.25, 0.3) is 0 Å². The van der Waals surface area contributed by atoms with Crippen LogP contribution in [0.3, 0.4) is 0 Å². The minimum absolute atomic E-state index is 0.374. The van der Waals surface area contributed by atoms with E-state index in [-0.39, 0.29) is 0 Å². The van der Waals surface area contributed by atoms with Crippen LogP contribution in [0.15, 0.2) is 48.7 Å². The highest BCUT2D eigenvalue weighted by Crippen LogP contribution is 2.28. The fourth-order valence-electron chi connectivity index (χ4n) is 2.87. The Morgan fingerprint density at radius 3 is 2.50 bits per heavy atom. The van der Waals surface area contributed by atoms with Crippen LogP contribution < -0.4 is 4.74 Å². The smallest absolute Gasteiger partial charge is 0.233 e. The third kappa shape index (κ3) is 3.70. The molecule has 4 nitrogen and oxygen atoms in total. The second-order valence-corrected chi connectivity index (χ2v) is 6.34. The maximum absolute atomic E-state index is 5.06. The first-order valence-electron chi connectivity index (χ1n) is 8.39. The monoisotopic (exact) mass is 321 g/mol. The molecule has 0 radical (unpaired) electrons. The molecule has 0 N–H and O–H groups in total. The predicted octanol–water partition coefficient (Wildman–Crippen LogP) is 4.72. The van der Waals surface area contributed by atoms with Gasteiger partial charge in [-0.3, -0.25) is 4.98 Å². The lowest BCUT2D eigenvalue weighted by molar-refractivity contribution is 0.390. The van der Waals surface area contributed by atoms with E-state index >= 15 is 0 Å². The van der Waals surface area contributed by atoms with E-state index in [9.17, 15) is 0 Å². The number of fused-ring (bicyclic) bond motifs is 1. The van der Waals surface area contributed by atoms with Crippen LogP contribution in [-0.4, -0.2) is 22.3 Å². The van der Waals surface area contributed by atoms with Gasteiger partial charge in [0.1, 0.15) is 0 Å². The summed E-state index contributed by atoms with van der Waals surface area (Å²) in [5.41, 5.74) is 3.36. The van der Waals surface area contributed by atoms with E-state index in [0.29, 0.717) is 17.7 Å². The molecular formula is C20H23N3O. The summed E-state index contributed by atoms with van der Waals surface area (Å²) in [6, 6.07) is 14.4. The van der Waals surface area contributed by atoms with Gasteiger partial charge < -0.3 is 4.74 Å². The molecule has 0 saturated heterocycles. The second kappa shape index (κ2) is 7.39. The van der Waals surface area contributed by atoms with Crippen LogP contribution in [0.25, 0.3) is 10.9 Å². The Morgan fingerprint density at radius 1 is 0.958 bits per heavy atom. The summed E-state index contributed by atoms with van der Waals surface area (Å²) in [6.45, 7) is 4.46. The Kier molecular flexibility index (Phi) is 5.04. The molecule has 1 aromatic carbocycles. The largest absolute Gasteiger partial charge is 0.480 e. The number of para-hydroxylation sites is 1. The molecular weight excluding hydrogens is 298 g/mol. The average molecular weight is 321 g/mol. The molecule has 124 valence electrons. The van der Waals surface area contributed by atoms with Crippen LogP contribution in [0, 0.1) is 0 Å². The van der Waals surface area contributed by atoms with Gasteiger partial charge >= 0.3 is 0 Å². The zero-order valence-corrected chi connectivity index (χ0v) is 14.4. The molecule has 0 aliphatic heterocycles. The van der Waals surface area contributed by atoms with Crippen molar-refractivity contribution >= 4 is 10.9 Å². The maximum Gasteiger partial charge on any atom is 0.233 e. The number of benzene rings is 1. The summed E-state index contributed by atoms with van der Waals surface area (Å²) < 4.78 is 5.06. The highest BCUT2D eigenvalue weighted by molar-refractivity contribution is 5.78. The zero-order valence-electron chi connectivity index (χ0n) is 14.4. The summed E-state index contributed by atoms with van der Waals surface area (Å²) in [4.78, 5) is 4.57. The molecule has 0 fully saturated rings. The lowest BCUT2D eigenvalue weighted by Gasteiger charge is -2.15. The Balaban J connectivity index is 1.63. The quantitative estimate of drug-likeness (QED) is 0.659. The van der Waals surface area contributed by atoms with Gasteiger partial charge in [-0.25, -0.2) is 0 Å². The number of hydrogen-bond donors (Lipinski definition) is 0. The lowest BCUT2D eigenvalue weighted by atomic mass is 9.91. The van der Waals surface area contributed by atoms with E-state index < -0.39 is 0 Å². The highest BCUT2D eigenvalue weighted by Gasteiger charge is 2.13. The van der Waals surface area contributed by atoms with Gasteiger partial charge in [-0.15, -0.1) is 5.10 Å². The SMILES string of the molecule is COc1ccc([C@@H](C)CC[C@H](C)c2cnc3ccccc3c2)nn1. The van der Waals surface area contributed by atoms with Crippen molar-refractivity contribution in [2.24, 2.45) is 0 Å². The van der Waals surface area contributed by atoms with Crippen molar-refractivity contribution in [3.05, 3.63) is 59.9 Å². The first-order valence-corrected chi connectivity index (χ1v) is 8.39. The molecule has 2 heterocycles. The van der Waals surface area contributed by atoms with E-state index in [0.717, 1.165) is 24.1 Å². The summed E-state index contributed by atoms with van der Waals surface area (Å²) in [6.07, 6.45) is 4.16. The summed E-state index contributed by atoms with van der Waals surface area (Å²) in [7, 11) is 1.60. The van der Waals surface area contributed by atoms with Gasteiger partial charge in [0.2, 0.25) is 5.88 Å². The Morgan fingerprint density at radius 2 is 1.75 bits per heavy atom. The van der Waals surface area contributed by atoms with E-state index in [2.05, 4.69) is 47.2 Å². The molecule has 3 aromatic rings. The molecule has 0 amide bonds. The molecule has 0 aliphatic carbocycles. The third-order valence-corrected chi connectivity index (χ3v) is 4.59. The number of rotatable bonds is 6. The van der Waals surface area contributed by atoms with Crippen molar-refractivity contribution in [1.29, 1.82) is 0 Å². The fourth-order valence-corrected chi connectivity index (χ4v) is 2.87. The molecule has 0 spiro atoms. The Labute approximate surface area is 142 Å². The summed E-state index contributed by atoms with van der Waals surface area (Å²) in [5.74, 6) is 1.40. The molecule has 24 heavy (non-hydrogen) atoms. The molecule has 0 unspecified atom stereocenters. The van der Waals surface area contributed by atoms with Crippen LogP contribution in [0.4, 0.5) is 0 Å². The number of methoxy groups -OCH3 is 1. The standard InChI is InChI=1S/C20H23N3O/c1-14(17-12-16-6-4-5-7-19(16)21-13-17)8-9-15(2)18-10-11-20(24-3)23-22-18/h4-7,10-15H,8-9H2,1-3H3/t14-,15-/m0/s1. The lowest BCUT2D eigenvalue weighted by Crippen LogP contribution is -2.03. The molecule has 2 atom stereocenters. The summed E-state index contributed by atoms with van der Waals surface area (Å²) in [5, 5.41) is 9.51. The maximum atomic E-state index is 5.06. The van der Waals surface area contributed by atoms with Crippen LogP contribution in [-0.2, 0) is 0 Å². The van der Waals surface area contributed by atoms with Crippen molar-refractivity contribution < 1.29 is 4.74 Å². The van der Waals surface area contributed by atoms with E-state index in [4.69, 9.17) is 4.74 Å². The minimum Gasteiger partial charge on any atom is -0.480 e. The van der Waals surface area contributed by atoms with Gasteiger partial charge in [0.15, 0.2) is 0 Å². The average Bonchev–Trinajstić information content (AvgIpc) is 2.65. The zero-order chi connectivity index (χ0) is 16.9. The van der Waals surface area contributed by atoms with Crippen LogP contribution in [0.2, 0.25) is 0 Å². The summed E-state index contributed by atoms with van der Waals surface area (Å²) >= 11 is 0. The third-order valence-electron chi connectivity index (χ3n) is 4.59. The molecule has 0 bridgehead atoms. The number of ether oxygens (including phenoxy) is 1. The van der Waals surface area contributed by atoms with Crippen LogP contribution in [0.1, 0.15) is 49.8 Å². The fraction of sp³-hybridized carbons (Fsp3) is 0.350. The van der Waals surface area contributed by atoms with E-state index in [1.807, 2.05) is 30.5 Å². The van der Waals surface area contributed by atoms with Gasteiger partial charge in [-0.05, 0) is 42.5 Å². The van der Waals surface area contributed by atoms with Crippen molar-refractivity contribution in [3.63, 3.8) is 0 Å². The molecule has 3 rings (SSSR count). The number of aromatic nitrogens is 3. The van der Waals surface area contributed by atoms with Crippen LogP contribution in [0.5, 0.6) is 5.88 Å². The first-order chi connectivity index (χ1) is 11.7.